The standard InChI is InChI=1S/C7H3BrClFO/c8-7(11)4-2-1-3-5(10)6(4)9/h1-3H. The molecule has 0 aliphatic carbocycles. The first-order valence-corrected chi connectivity index (χ1v) is 3.94. The lowest BCUT2D eigenvalue weighted by molar-refractivity contribution is 0.109. The second-order valence-corrected chi connectivity index (χ2v) is 2.97. The third kappa shape index (κ3) is 1.79. The van der Waals surface area contributed by atoms with E-state index in [0.717, 1.165) is 0 Å². The van der Waals surface area contributed by atoms with Crippen LogP contribution in [0.4, 0.5) is 4.39 Å². The van der Waals surface area contributed by atoms with Crippen LogP contribution in [0.5, 0.6) is 0 Å². The van der Waals surface area contributed by atoms with E-state index < -0.39 is 10.5 Å². The highest BCUT2D eigenvalue weighted by atomic mass is 79.9. The van der Waals surface area contributed by atoms with E-state index in [4.69, 9.17) is 11.6 Å². The van der Waals surface area contributed by atoms with E-state index in [0.29, 0.717) is 0 Å². The summed E-state index contributed by atoms with van der Waals surface area (Å²) >= 11 is 8.14. The monoisotopic (exact) mass is 236 g/mol. The van der Waals surface area contributed by atoms with Gasteiger partial charge in [0.1, 0.15) is 5.82 Å². The molecule has 0 bridgehead atoms. The minimum Gasteiger partial charge on any atom is -0.281 e. The first-order valence-electron chi connectivity index (χ1n) is 2.77. The second kappa shape index (κ2) is 3.32. The Morgan fingerprint density at radius 2 is 2.18 bits per heavy atom. The van der Waals surface area contributed by atoms with E-state index in [-0.39, 0.29) is 10.6 Å². The Balaban J connectivity index is 3.27. The van der Waals surface area contributed by atoms with Crippen LogP contribution in [0.3, 0.4) is 0 Å². The van der Waals surface area contributed by atoms with Gasteiger partial charge in [0.05, 0.1) is 10.6 Å². The maximum atomic E-state index is 12.6. The number of carbonyl (C=O) groups excluding carboxylic acids is 1. The zero-order valence-corrected chi connectivity index (χ0v) is 7.62. The lowest BCUT2D eigenvalue weighted by Gasteiger charge is -1.97. The van der Waals surface area contributed by atoms with Crippen molar-refractivity contribution in [1.29, 1.82) is 0 Å². The van der Waals surface area contributed by atoms with Crippen LogP contribution in [-0.4, -0.2) is 4.69 Å². The van der Waals surface area contributed by atoms with Crippen LogP contribution in [0.1, 0.15) is 10.4 Å². The van der Waals surface area contributed by atoms with E-state index in [2.05, 4.69) is 15.9 Å². The number of carbonyl (C=O) groups is 1. The van der Waals surface area contributed by atoms with Gasteiger partial charge in [-0.25, -0.2) is 4.39 Å². The molecular formula is C7H3BrClFO. The molecular weight excluding hydrogens is 234 g/mol. The van der Waals surface area contributed by atoms with Crippen molar-refractivity contribution in [3.63, 3.8) is 0 Å². The molecule has 0 unspecified atom stereocenters. The smallest absolute Gasteiger partial charge is 0.229 e. The van der Waals surface area contributed by atoms with Crippen LogP contribution in [0.15, 0.2) is 18.2 Å². The first kappa shape index (κ1) is 8.68. The third-order valence-corrected chi connectivity index (χ3v) is 1.97. The highest BCUT2D eigenvalue weighted by Crippen LogP contribution is 2.21. The summed E-state index contributed by atoms with van der Waals surface area (Å²) in [6.07, 6.45) is 0. The van der Waals surface area contributed by atoms with Crippen molar-refractivity contribution in [3.8, 4) is 0 Å². The van der Waals surface area contributed by atoms with Gasteiger partial charge in [-0.3, -0.25) is 4.79 Å². The lowest BCUT2D eigenvalue weighted by Crippen LogP contribution is -1.91. The molecule has 0 radical (unpaired) electrons. The average Bonchev–Trinajstić information content (AvgIpc) is 1.94. The maximum Gasteiger partial charge on any atom is 0.229 e. The van der Waals surface area contributed by atoms with Crippen LogP contribution in [0, 0.1) is 5.82 Å². The molecule has 0 saturated carbocycles. The summed E-state index contributed by atoms with van der Waals surface area (Å²) in [6.45, 7) is 0. The number of halogens is 3. The summed E-state index contributed by atoms with van der Waals surface area (Å²) in [4.78, 5) is 10.7. The second-order valence-electron chi connectivity index (χ2n) is 1.88. The lowest BCUT2D eigenvalue weighted by atomic mass is 10.2. The Morgan fingerprint density at radius 1 is 1.55 bits per heavy atom. The molecule has 0 spiro atoms. The van der Waals surface area contributed by atoms with Crippen molar-refractivity contribution in [2.45, 2.75) is 0 Å². The van der Waals surface area contributed by atoms with Gasteiger partial charge in [-0.1, -0.05) is 17.7 Å². The summed E-state index contributed by atoms with van der Waals surface area (Å²) in [5.74, 6) is -0.586. The van der Waals surface area contributed by atoms with Gasteiger partial charge < -0.3 is 0 Å². The van der Waals surface area contributed by atoms with Crippen molar-refractivity contribution in [2.24, 2.45) is 0 Å². The molecule has 1 nitrogen and oxygen atoms in total. The van der Waals surface area contributed by atoms with E-state index in [9.17, 15) is 9.18 Å². The summed E-state index contributed by atoms with van der Waals surface area (Å²) in [5.41, 5.74) is 0.145. The fourth-order valence-corrected chi connectivity index (χ4v) is 1.31. The van der Waals surface area contributed by atoms with Crippen LogP contribution in [0.2, 0.25) is 5.02 Å². The van der Waals surface area contributed by atoms with Crippen molar-refractivity contribution in [2.75, 3.05) is 0 Å². The molecule has 1 aromatic carbocycles. The topological polar surface area (TPSA) is 17.1 Å². The fraction of sp³-hybridized carbons (Fsp3) is 0. The van der Waals surface area contributed by atoms with Gasteiger partial charge in [0.15, 0.2) is 0 Å². The highest BCUT2D eigenvalue weighted by molar-refractivity contribution is 9.18. The predicted octanol–water partition coefficient (Wildman–Crippen LogP) is 3.01. The van der Waals surface area contributed by atoms with E-state index in [1.165, 1.54) is 18.2 Å². The Morgan fingerprint density at radius 3 is 2.64 bits per heavy atom. The van der Waals surface area contributed by atoms with Gasteiger partial charge in [-0.2, -0.15) is 0 Å². The molecule has 0 amide bonds. The van der Waals surface area contributed by atoms with Crippen molar-refractivity contribution in [3.05, 3.63) is 34.6 Å². The van der Waals surface area contributed by atoms with Crippen molar-refractivity contribution in [1.82, 2.24) is 0 Å². The number of hydrogen-bond donors (Lipinski definition) is 0. The van der Waals surface area contributed by atoms with E-state index >= 15 is 0 Å². The van der Waals surface area contributed by atoms with Crippen LogP contribution < -0.4 is 0 Å². The molecule has 58 valence electrons. The molecule has 0 N–H and O–H groups in total. The molecule has 0 saturated heterocycles. The predicted molar refractivity (Wildman–Crippen MR) is 44.7 cm³/mol. The minimum absolute atomic E-state index is 0.144. The molecule has 0 heterocycles. The quantitative estimate of drug-likeness (QED) is 0.686. The largest absolute Gasteiger partial charge is 0.281 e. The number of benzene rings is 1. The molecule has 11 heavy (non-hydrogen) atoms. The molecule has 0 atom stereocenters. The Labute approximate surface area is 76.3 Å². The van der Waals surface area contributed by atoms with Crippen LogP contribution in [-0.2, 0) is 0 Å². The van der Waals surface area contributed by atoms with Crippen molar-refractivity contribution < 1.29 is 9.18 Å². The molecule has 0 fully saturated rings. The molecule has 4 heteroatoms. The average molecular weight is 237 g/mol. The normalized spacial score (nSPS) is 9.73. The van der Waals surface area contributed by atoms with Gasteiger partial charge in [0.25, 0.3) is 0 Å². The van der Waals surface area contributed by atoms with Crippen LogP contribution >= 0.6 is 27.5 Å². The molecule has 0 aromatic heterocycles. The SMILES string of the molecule is O=C(Br)c1cccc(F)c1Cl. The van der Waals surface area contributed by atoms with E-state index in [1.807, 2.05) is 0 Å². The highest BCUT2D eigenvalue weighted by Gasteiger charge is 2.09. The Kier molecular flexibility index (Phi) is 2.62. The Bertz CT molecular complexity index is 300. The first-order chi connectivity index (χ1) is 5.13. The van der Waals surface area contributed by atoms with Gasteiger partial charge in [0, 0.05) is 0 Å². The summed E-state index contributed by atoms with van der Waals surface area (Å²) < 4.78 is 12.2. The van der Waals surface area contributed by atoms with Gasteiger partial charge in [0.2, 0.25) is 4.69 Å². The molecule has 0 aliphatic rings. The summed E-state index contributed by atoms with van der Waals surface area (Å²) in [6, 6.07) is 4.07. The number of hydrogen-bond acceptors (Lipinski definition) is 1. The van der Waals surface area contributed by atoms with Gasteiger partial charge in [-0.05, 0) is 28.1 Å². The zero-order valence-electron chi connectivity index (χ0n) is 5.27. The fourth-order valence-electron chi connectivity index (χ4n) is 0.656. The summed E-state index contributed by atoms with van der Waals surface area (Å²) in [7, 11) is 0. The Hall–Kier alpha value is -0.410. The van der Waals surface area contributed by atoms with Crippen molar-refractivity contribution >= 4 is 32.2 Å². The molecule has 1 aromatic rings. The zero-order chi connectivity index (χ0) is 8.43. The minimum atomic E-state index is -0.586. The number of rotatable bonds is 1. The van der Waals surface area contributed by atoms with E-state index in [1.54, 1.807) is 0 Å². The summed E-state index contributed by atoms with van der Waals surface area (Å²) in [5, 5.41) is -0.144. The molecule has 0 aliphatic heterocycles. The third-order valence-electron chi connectivity index (χ3n) is 1.16. The van der Waals surface area contributed by atoms with Crippen LogP contribution in [0.25, 0.3) is 0 Å². The van der Waals surface area contributed by atoms with Gasteiger partial charge >= 0.3 is 0 Å². The van der Waals surface area contributed by atoms with Gasteiger partial charge in [-0.15, -0.1) is 0 Å². The molecule has 1 rings (SSSR count). The maximum absolute atomic E-state index is 12.6.